The molecule has 1 N–H and O–H groups in total. The molecule has 214 valence electrons. The molecule has 0 saturated carbocycles. The Labute approximate surface area is 247 Å². The first-order chi connectivity index (χ1) is 19.0. The Balaban J connectivity index is 2.09. The lowest BCUT2D eigenvalue weighted by Crippen LogP contribution is -2.52. The lowest BCUT2D eigenvalue weighted by Gasteiger charge is -2.34. The molecule has 0 aliphatic heterocycles. The van der Waals surface area contributed by atoms with Crippen LogP contribution in [-0.2, 0) is 26.2 Å². The number of amides is 2. The summed E-state index contributed by atoms with van der Waals surface area (Å²) in [5.74, 6) is -0.692. The quantitative estimate of drug-likeness (QED) is 0.272. The van der Waals surface area contributed by atoms with E-state index in [-0.39, 0.29) is 23.3 Å². The van der Waals surface area contributed by atoms with Gasteiger partial charge in [0.05, 0.1) is 10.6 Å². The van der Waals surface area contributed by atoms with Gasteiger partial charge < -0.3 is 10.2 Å². The molecule has 10 heteroatoms. The highest BCUT2D eigenvalue weighted by atomic mass is 35.5. The Morgan fingerprint density at radius 2 is 1.50 bits per heavy atom. The van der Waals surface area contributed by atoms with Gasteiger partial charge in [0, 0.05) is 28.7 Å². The summed E-state index contributed by atoms with van der Waals surface area (Å²) in [6, 6.07) is 19.0. The minimum Gasteiger partial charge on any atom is -0.354 e. The van der Waals surface area contributed by atoms with Gasteiger partial charge in [-0.3, -0.25) is 13.9 Å². The normalized spacial score (nSPS) is 12.2. The third-order valence-electron chi connectivity index (χ3n) is 6.45. The molecule has 40 heavy (non-hydrogen) atoms. The molecule has 0 heterocycles. The van der Waals surface area contributed by atoms with Crippen molar-refractivity contribution in [2.75, 3.05) is 17.4 Å². The topological polar surface area (TPSA) is 86.8 Å². The van der Waals surface area contributed by atoms with Crippen LogP contribution in [0.4, 0.5) is 5.69 Å². The number of para-hydroxylation sites is 1. The largest absolute Gasteiger partial charge is 0.354 e. The van der Waals surface area contributed by atoms with Crippen molar-refractivity contribution < 1.29 is 18.0 Å². The van der Waals surface area contributed by atoms with E-state index in [0.717, 1.165) is 4.31 Å². The van der Waals surface area contributed by atoms with Crippen LogP contribution in [0.1, 0.15) is 38.3 Å². The first-order valence-electron chi connectivity index (χ1n) is 13.1. The second kappa shape index (κ2) is 14.0. The van der Waals surface area contributed by atoms with Crippen molar-refractivity contribution in [3.05, 3.63) is 94.0 Å². The first-order valence-corrected chi connectivity index (χ1v) is 15.3. The maximum atomic E-state index is 14.1. The molecular formula is C30H35Cl2N3O4S. The monoisotopic (exact) mass is 603 g/mol. The van der Waals surface area contributed by atoms with Crippen molar-refractivity contribution in [1.29, 1.82) is 0 Å². The fraction of sp³-hybridized carbons (Fsp3) is 0.333. The Bertz CT molecular complexity index is 1410. The van der Waals surface area contributed by atoms with Crippen LogP contribution in [0.15, 0.2) is 77.7 Å². The zero-order valence-corrected chi connectivity index (χ0v) is 25.4. The van der Waals surface area contributed by atoms with Crippen molar-refractivity contribution >= 4 is 50.7 Å². The summed E-state index contributed by atoms with van der Waals surface area (Å²) in [6.45, 7) is 7.36. The highest BCUT2D eigenvalue weighted by molar-refractivity contribution is 7.92. The molecular weight excluding hydrogens is 569 g/mol. The van der Waals surface area contributed by atoms with E-state index in [9.17, 15) is 18.0 Å². The zero-order valence-electron chi connectivity index (χ0n) is 23.1. The van der Waals surface area contributed by atoms with Gasteiger partial charge in [-0.15, -0.1) is 0 Å². The van der Waals surface area contributed by atoms with Gasteiger partial charge in [0.1, 0.15) is 12.6 Å². The summed E-state index contributed by atoms with van der Waals surface area (Å²) in [5, 5.41) is 3.59. The highest BCUT2D eigenvalue weighted by Crippen LogP contribution is 2.29. The third kappa shape index (κ3) is 7.56. The van der Waals surface area contributed by atoms with Crippen molar-refractivity contribution in [2.45, 2.75) is 51.6 Å². The van der Waals surface area contributed by atoms with E-state index < -0.39 is 28.5 Å². The molecule has 0 aliphatic rings. The summed E-state index contributed by atoms with van der Waals surface area (Å²) < 4.78 is 28.9. The van der Waals surface area contributed by atoms with Gasteiger partial charge in [-0.05, 0) is 55.2 Å². The van der Waals surface area contributed by atoms with E-state index in [4.69, 9.17) is 23.2 Å². The number of sulfonamides is 1. The molecule has 0 bridgehead atoms. The Kier molecular flexibility index (Phi) is 11.0. The second-order valence-electron chi connectivity index (χ2n) is 9.90. The molecule has 2 amide bonds. The lowest BCUT2D eigenvalue weighted by molar-refractivity contribution is -0.140. The van der Waals surface area contributed by atoms with Gasteiger partial charge in [-0.25, -0.2) is 8.42 Å². The number of halogens is 2. The molecule has 0 radical (unpaired) electrons. The predicted octanol–water partition coefficient (Wildman–Crippen LogP) is 6.08. The number of carbonyl (C=O) groups excluding carboxylic acids is 2. The number of benzene rings is 3. The van der Waals surface area contributed by atoms with Gasteiger partial charge in [-0.1, -0.05) is 86.4 Å². The number of hydrogen-bond acceptors (Lipinski definition) is 4. The number of anilines is 1. The third-order valence-corrected chi connectivity index (χ3v) is 8.94. The van der Waals surface area contributed by atoms with Crippen LogP contribution in [0.2, 0.25) is 10.0 Å². The fourth-order valence-corrected chi connectivity index (χ4v) is 6.29. The summed E-state index contributed by atoms with van der Waals surface area (Å²) in [5.41, 5.74) is 1.52. The van der Waals surface area contributed by atoms with Crippen LogP contribution >= 0.6 is 23.2 Å². The molecule has 0 saturated heterocycles. The summed E-state index contributed by atoms with van der Waals surface area (Å²) in [6.07, 6.45) is 0.299. The summed E-state index contributed by atoms with van der Waals surface area (Å²) in [7, 11) is -4.14. The molecule has 0 spiro atoms. The molecule has 3 aromatic rings. The van der Waals surface area contributed by atoms with Crippen LogP contribution in [0.5, 0.6) is 0 Å². The predicted molar refractivity (Wildman–Crippen MR) is 161 cm³/mol. The molecule has 3 aromatic carbocycles. The van der Waals surface area contributed by atoms with Crippen LogP contribution in [0.3, 0.4) is 0 Å². The summed E-state index contributed by atoms with van der Waals surface area (Å²) in [4.78, 5) is 28.9. The number of rotatable bonds is 12. The fourth-order valence-electron chi connectivity index (χ4n) is 4.27. The van der Waals surface area contributed by atoms with Gasteiger partial charge in [-0.2, -0.15) is 0 Å². The summed E-state index contributed by atoms with van der Waals surface area (Å²) >= 11 is 12.9. The Morgan fingerprint density at radius 1 is 0.900 bits per heavy atom. The maximum absolute atomic E-state index is 14.1. The number of nitrogens with zero attached hydrogens (tertiary/aromatic N) is 2. The van der Waals surface area contributed by atoms with E-state index in [0.29, 0.717) is 39.8 Å². The van der Waals surface area contributed by atoms with E-state index >= 15 is 0 Å². The number of nitrogens with one attached hydrogen (secondary N) is 1. The van der Waals surface area contributed by atoms with Crippen LogP contribution < -0.4 is 9.62 Å². The van der Waals surface area contributed by atoms with Gasteiger partial charge >= 0.3 is 0 Å². The molecule has 1 atom stereocenters. The minimum absolute atomic E-state index is 0.0495. The van der Waals surface area contributed by atoms with E-state index in [2.05, 4.69) is 5.32 Å². The van der Waals surface area contributed by atoms with Gasteiger partial charge in [0.15, 0.2) is 0 Å². The van der Waals surface area contributed by atoms with E-state index in [1.54, 1.807) is 74.5 Å². The van der Waals surface area contributed by atoms with Crippen molar-refractivity contribution in [3.63, 3.8) is 0 Å². The molecule has 0 aliphatic carbocycles. The number of hydrogen-bond donors (Lipinski definition) is 1. The second-order valence-corrected chi connectivity index (χ2v) is 12.6. The van der Waals surface area contributed by atoms with Crippen LogP contribution in [0, 0.1) is 12.8 Å². The van der Waals surface area contributed by atoms with E-state index in [1.165, 1.54) is 17.0 Å². The SMILES string of the molecule is CC[C@@H](C(=O)NCC(C)C)N(Cc1c(Cl)cccc1Cl)C(=O)CN(c1ccccc1C)S(=O)(=O)c1ccccc1. The Morgan fingerprint density at radius 3 is 2.08 bits per heavy atom. The van der Waals surface area contributed by atoms with Crippen molar-refractivity contribution in [1.82, 2.24) is 10.2 Å². The van der Waals surface area contributed by atoms with E-state index in [1.807, 2.05) is 13.8 Å². The molecule has 0 aromatic heterocycles. The molecule has 3 rings (SSSR count). The van der Waals surface area contributed by atoms with Crippen LogP contribution in [-0.4, -0.2) is 44.3 Å². The minimum atomic E-state index is -4.14. The zero-order chi connectivity index (χ0) is 29.4. The maximum Gasteiger partial charge on any atom is 0.264 e. The van der Waals surface area contributed by atoms with Crippen molar-refractivity contribution in [3.8, 4) is 0 Å². The Hall–Kier alpha value is -3.07. The van der Waals surface area contributed by atoms with Crippen molar-refractivity contribution in [2.24, 2.45) is 5.92 Å². The molecule has 7 nitrogen and oxygen atoms in total. The van der Waals surface area contributed by atoms with Crippen LogP contribution in [0.25, 0.3) is 0 Å². The van der Waals surface area contributed by atoms with Gasteiger partial charge in [0.2, 0.25) is 11.8 Å². The highest BCUT2D eigenvalue weighted by Gasteiger charge is 2.34. The average Bonchev–Trinajstić information content (AvgIpc) is 2.92. The standard InChI is InChI=1S/C30H35Cl2N3O4S/c1-5-27(30(37)33-18-21(2)3)34(19-24-25(31)15-11-16-26(24)32)29(36)20-35(28-17-10-9-12-22(28)4)40(38,39)23-13-7-6-8-14-23/h6-17,21,27H,5,18-20H2,1-4H3,(H,33,37)/t27-/m0/s1. The lowest BCUT2D eigenvalue weighted by atomic mass is 10.1. The smallest absolute Gasteiger partial charge is 0.264 e. The first kappa shape index (κ1) is 31.5. The molecule has 0 fully saturated rings. The van der Waals surface area contributed by atoms with Gasteiger partial charge in [0.25, 0.3) is 10.0 Å². The number of carbonyl (C=O) groups is 2. The number of aryl methyl sites for hydroxylation is 1. The average molecular weight is 605 g/mol. The molecule has 0 unspecified atom stereocenters.